The van der Waals surface area contributed by atoms with Gasteiger partial charge in [0, 0.05) is 16.2 Å². The molecule has 0 saturated carbocycles. The van der Waals surface area contributed by atoms with Crippen LogP contribution in [0.5, 0.6) is 0 Å². The number of halogens is 1. The van der Waals surface area contributed by atoms with E-state index in [1.165, 1.54) is 16.8 Å². The van der Waals surface area contributed by atoms with Crippen LogP contribution in [-0.4, -0.2) is 30.8 Å². The molecule has 0 amide bonds. The molecule has 6 nitrogen and oxygen atoms in total. The summed E-state index contributed by atoms with van der Waals surface area (Å²) in [5.74, 6) is -1.06. The van der Waals surface area contributed by atoms with E-state index in [4.69, 9.17) is 16.3 Å². The van der Waals surface area contributed by atoms with Crippen molar-refractivity contribution in [3.63, 3.8) is 0 Å². The molecule has 0 unspecified atom stereocenters. The van der Waals surface area contributed by atoms with Gasteiger partial charge in [0.15, 0.2) is 15.5 Å². The molecule has 0 aliphatic carbocycles. The minimum absolute atomic E-state index is 0.0436. The smallest absolute Gasteiger partial charge is 0.359 e. The summed E-state index contributed by atoms with van der Waals surface area (Å²) in [4.78, 5) is 12.4. The molecule has 0 N–H and O–H groups in total. The van der Waals surface area contributed by atoms with Crippen molar-refractivity contribution < 1.29 is 17.9 Å². The van der Waals surface area contributed by atoms with Crippen molar-refractivity contribution in [2.75, 3.05) is 6.61 Å². The highest BCUT2D eigenvalue weighted by Crippen LogP contribution is 2.38. The first kappa shape index (κ1) is 19.1. The fourth-order valence-electron chi connectivity index (χ4n) is 3.01. The minimum atomic E-state index is -3.69. The first-order valence-electron chi connectivity index (χ1n) is 8.11. The Balaban J connectivity index is 2.40. The van der Waals surface area contributed by atoms with E-state index in [-0.39, 0.29) is 28.5 Å². The summed E-state index contributed by atoms with van der Waals surface area (Å²) < 4.78 is 31.9. The van der Waals surface area contributed by atoms with Gasteiger partial charge in [-0.25, -0.2) is 17.9 Å². The minimum Gasteiger partial charge on any atom is -0.461 e. The number of esters is 1. The fraction of sp³-hybridized carbons (Fsp3) is 0.158. The Morgan fingerprint density at radius 3 is 2.70 bits per heavy atom. The van der Waals surface area contributed by atoms with E-state index < -0.39 is 15.8 Å². The number of aromatic nitrogens is 2. The maximum absolute atomic E-state index is 12.7. The predicted octanol–water partition coefficient (Wildman–Crippen LogP) is 3.71. The van der Waals surface area contributed by atoms with Crippen LogP contribution in [0, 0.1) is 0 Å². The molecule has 0 atom stereocenters. The van der Waals surface area contributed by atoms with Crippen molar-refractivity contribution >= 4 is 33.0 Å². The van der Waals surface area contributed by atoms with Crippen molar-refractivity contribution in [2.24, 2.45) is 0 Å². The Bertz CT molecular complexity index is 1100. The molecule has 0 bridgehead atoms. The molecule has 140 valence electrons. The number of rotatable bonds is 5. The molecule has 3 rings (SSSR count). The number of ether oxygens (including phenoxy) is 1. The molecule has 0 radical (unpaired) electrons. The summed E-state index contributed by atoms with van der Waals surface area (Å²) in [6, 6.07) is 6.87. The zero-order chi connectivity index (χ0) is 19.8. The third-order valence-corrected chi connectivity index (χ3v) is 6.05. The summed E-state index contributed by atoms with van der Waals surface area (Å²) in [6.45, 7) is 9.16. The molecule has 2 heterocycles. The van der Waals surface area contributed by atoms with Crippen LogP contribution < -0.4 is 0 Å². The van der Waals surface area contributed by atoms with Gasteiger partial charge in [-0.05, 0) is 25.1 Å². The molecule has 1 aromatic carbocycles. The number of hydrogen-bond acceptors (Lipinski definition) is 5. The van der Waals surface area contributed by atoms with Gasteiger partial charge in [-0.3, -0.25) is 0 Å². The molecule has 1 aromatic heterocycles. The number of nitrogens with zero attached hydrogens (tertiary/aromatic N) is 2. The van der Waals surface area contributed by atoms with E-state index >= 15 is 0 Å². The largest absolute Gasteiger partial charge is 0.461 e. The van der Waals surface area contributed by atoms with E-state index in [1.807, 2.05) is 0 Å². The molecule has 8 heteroatoms. The standard InChI is InChI=1S/C19H17ClN2O4S/c1-4-14-16(5-2)27(24,25)11-15-17(19(23)26-6-3)21-22(18(14)15)13-9-7-8-12(20)10-13/h4-5,7-10H,1-2,6,11H2,3H3. The zero-order valence-corrected chi connectivity index (χ0v) is 16.2. The third kappa shape index (κ3) is 3.24. The second kappa shape index (κ2) is 7.17. The van der Waals surface area contributed by atoms with E-state index in [0.717, 1.165) is 0 Å². The summed E-state index contributed by atoms with van der Waals surface area (Å²) in [6.07, 6.45) is 2.69. The monoisotopic (exact) mass is 404 g/mol. The quantitative estimate of drug-likeness (QED) is 0.710. The van der Waals surface area contributed by atoms with Crippen molar-refractivity contribution in [2.45, 2.75) is 12.7 Å². The van der Waals surface area contributed by atoms with Crippen LogP contribution in [0.25, 0.3) is 11.3 Å². The molecule has 27 heavy (non-hydrogen) atoms. The van der Waals surface area contributed by atoms with Crippen molar-refractivity contribution in [1.29, 1.82) is 0 Å². The summed E-state index contributed by atoms with van der Waals surface area (Å²) in [5.41, 5.74) is 1.59. The van der Waals surface area contributed by atoms with Gasteiger partial charge >= 0.3 is 5.97 Å². The maximum Gasteiger partial charge on any atom is 0.359 e. The number of sulfone groups is 1. The van der Waals surface area contributed by atoms with Crippen LogP contribution in [-0.2, 0) is 20.3 Å². The summed E-state index contributed by atoms with van der Waals surface area (Å²) in [7, 11) is -3.69. The van der Waals surface area contributed by atoms with Crippen molar-refractivity contribution in [3.8, 4) is 5.69 Å². The lowest BCUT2D eigenvalue weighted by atomic mass is 10.1. The average molecular weight is 405 g/mol. The van der Waals surface area contributed by atoms with Gasteiger partial charge in [0.1, 0.15) is 0 Å². The van der Waals surface area contributed by atoms with E-state index in [9.17, 15) is 13.2 Å². The van der Waals surface area contributed by atoms with Gasteiger partial charge in [-0.1, -0.05) is 43.0 Å². The Morgan fingerprint density at radius 2 is 2.11 bits per heavy atom. The molecular weight excluding hydrogens is 388 g/mol. The average Bonchev–Trinajstić information content (AvgIpc) is 2.98. The first-order chi connectivity index (χ1) is 12.8. The SMILES string of the molecule is C=CC1=C(C=C)S(=O)(=O)Cc2c(C(=O)OCC)nn(-c3cccc(Cl)c3)c21. The Labute approximate surface area is 162 Å². The van der Waals surface area contributed by atoms with Gasteiger partial charge in [0.05, 0.1) is 28.6 Å². The highest BCUT2D eigenvalue weighted by Gasteiger charge is 2.36. The molecule has 1 aliphatic heterocycles. The number of fused-ring (bicyclic) bond motifs is 1. The van der Waals surface area contributed by atoms with Gasteiger partial charge in [0.25, 0.3) is 0 Å². The van der Waals surface area contributed by atoms with Gasteiger partial charge < -0.3 is 4.74 Å². The first-order valence-corrected chi connectivity index (χ1v) is 10.1. The Morgan fingerprint density at radius 1 is 1.37 bits per heavy atom. The molecular formula is C19H17ClN2O4S. The van der Waals surface area contributed by atoms with Gasteiger partial charge in [-0.15, -0.1) is 0 Å². The van der Waals surface area contributed by atoms with E-state index in [0.29, 0.717) is 22.0 Å². The van der Waals surface area contributed by atoms with Crippen LogP contribution in [0.4, 0.5) is 0 Å². The predicted molar refractivity (Wildman–Crippen MR) is 104 cm³/mol. The van der Waals surface area contributed by atoms with Crippen LogP contribution in [0.3, 0.4) is 0 Å². The van der Waals surface area contributed by atoms with Crippen LogP contribution in [0.2, 0.25) is 5.02 Å². The summed E-state index contributed by atoms with van der Waals surface area (Å²) in [5, 5.41) is 4.83. The molecule has 0 spiro atoms. The molecule has 1 aliphatic rings. The molecule has 0 saturated heterocycles. The number of benzene rings is 1. The fourth-order valence-corrected chi connectivity index (χ4v) is 4.77. The Kier molecular flexibility index (Phi) is 5.08. The highest BCUT2D eigenvalue weighted by atomic mass is 35.5. The highest BCUT2D eigenvalue weighted by molar-refractivity contribution is 7.95. The Hall–Kier alpha value is -2.64. The van der Waals surface area contributed by atoms with Crippen molar-refractivity contribution in [3.05, 3.63) is 76.5 Å². The lowest BCUT2D eigenvalue weighted by molar-refractivity contribution is 0.0518. The maximum atomic E-state index is 12.7. The molecule has 0 fully saturated rings. The molecule has 2 aromatic rings. The number of hydrogen-bond donors (Lipinski definition) is 0. The number of carbonyl (C=O) groups is 1. The van der Waals surface area contributed by atoms with Crippen LogP contribution in [0.1, 0.15) is 28.7 Å². The van der Waals surface area contributed by atoms with Crippen LogP contribution >= 0.6 is 11.6 Å². The number of allylic oxidation sites excluding steroid dienone is 3. The van der Waals surface area contributed by atoms with E-state index in [1.54, 1.807) is 31.2 Å². The summed E-state index contributed by atoms with van der Waals surface area (Å²) >= 11 is 6.09. The lowest BCUT2D eigenvalue weighted by Gasteiger charge is -2.19. The van der Waals surface area contributed by atoms with Crippen molar-refractivity contribution in [1.82, 2.24) is 9.78 Å². The zero-order valence-electron chi connectivity index (χ0n) is 14.6. The van der Waals surface area contributed by atoms with Crippen LogP contribution in [0.15, 0.2) is 54.5 Å². The van der Waals surface area contributed by atoms with Gasteiger partial charge in [0.2, 0.25) is 0 Å². The van der Waals surface area contributed by atoms with E-state index in [2.05, 4.69) is 18.3 Å². The van der Waals surface area contributed by atoms with Gasteiger partial charge in [-0.2, -0.15) is 5.10 Å². The number of carbonyl (C=O) groups excluding carboxylic acids is 1. The second-order valence-electron chi connectivity index (χ2n) is 5.73. The third-order valence-electron chi connectivity index (χ3n) is 4.08. The topological polar surface area (TPSA) is 78.3 Å². The normalized spacial score (nSPS) is 15.2. The second-order valence-corrected chi connectivity index (χ2v) is 8.13. The lowest BCUT2D eigenvalue weighted by Crippen LogP contribution is -2.18.